The van der Waals surface area contributed by atoms with Crippen LogP contribution >= 0.6 is 53.0 Å². The van der Waals surface area contributed by atoms with Crippen LogP contribution < -0.4 is 4.84 Å². The second kappa shape index (κ2) is 8.42. The summed E-state index contributed by atoms with van der Waals surface area (Å²) in [6.45, 7) is 2.22. The van der Waals surface area contributed by atoms with E-state index in [1.807, 2.05) is 42.5 Å². The van der Waals surface area contributed by atoms with Crippen LogP contribution in [0.25, 0.3) is 11.0 Å². The van der Waals surface area contributed by atoms with Crippen molar-refractivity contribution in [1.29, 1.82) is 0 Å². The van der Waals surface area contributed by atoms with Crippen LogP contribution in [0.5, 0.6) is 5.75 Å². The third kappa shape index (κ3) is 8.86. The number of fused-ring (bicyclic) bond motifs is 1. The summed E-state index contributed by atoms with van der Waals surface area (Å²) in [4.78, 5) is 7.44. The number of benzene rings is 2. The van der Waals surface area contributed by atoms with Gasteiger partial charge in [-0.1, -0.05) is 29.1 Å². The summed E-state index contributed by atoms with van der Waals surface area (Å²) in [7, 11) is 25.0. The molecule has 2 heterocycles. The van der Waals surface area contributed by atoms with Crippen molar-refractivity contribution in [2.24, 2.45) is 0 Å². The van der Waals surface area contributed by atoms with Crippen LogP contribution in [0.15, 0.2) is 48.5 Å². The molecule has 3 aromatic rings. The SMILES string of the molecule is C(c1ccccc1On1nnc2ccccc21)=[N+]1CCCC1.[Cl][Sb-]([Cl])([Cl])([Cl])([Cl])[Cl]. The molecule has 0 unspecified atom stereocenters. The Balaban J connectivity index is 0.000000298. The third-order valence-corrected chi connectivity index (χ3v) is 3.89. The van der Waals surface area contributed by atoms with Crippen molar-refractivity contribution in [3.63, 3.8) is 0 Å². The van der Waals surface area contributed by atoms with Crippen LogP contribution in [0.4, 0.5) is 0 Å². The van der Waals surface area contributed by atoms with Gasteiger partial charge in [-0.15, -0.1) is 5.10 Å². The van der Waals surface area contributed by atoms with Crippen molar-refractivity contribution in [2.75, 3.05) is 13.1 Å². The monoisotopic (exact) mass is 624 g/mol. The number of para-hydroxylation sites is 2. The molecular formula is C17H17Cl6N4OSb. The van der Waals surface area contributed by atoms with E-state index in [2.05, 4.69) is 27.2 Å². The van der Waals surface area contributed by atoms with Gasteiger partial charge in [0.2, 0.25) is 0 Å². The van der Waals surface area contributed by atoms with Crippen LogP contribution in [0, 0.1) is 0 Å². The first kappa shape index (κ1) is 23.5. The van der Waals surface area contributed by atoms with Gasteiger partial charge in [-0.2, -0.15) is 0 Å². The molecule has 1 aliphatic rings. The van der Waals surface area contributed by atoms with E-state index in [0.29, 0.717) is 0 Å². The van der Waals surface area contributed by atoms with Gasteiger partial charge in [0.05, 0.1) is 5.56 Å². The molecule has 0 atom stereocenters. The number of hydrogen-bond donors (Lipinski definition) is 0. The Labute approximate surface area is 188 Å². The summed E-state index contributed by atoms with van der Waals surface area (Å²) in [6, 6.07) is 15.8. The second-order valence-electron chi connectivity index (χ2n) is 6.41. The third-order valence-electron chi connectivity index (χ3n) is 3.89. The van der Waals surface area contributed by atoms with Crippen molar-refractivity contribution < 1.29 is 9.41 Å². The van der Waals surface area contributed by atoms with Gasteiger partial charge < -0.3 is 4.84 Å². The van der Waals surface area contributed by atoms with Crippen LogP contribution in [0.2, 0.25) is 0 Å². The van der Waals surface area contributed by atoms with Gasteiger partial charge in [0.25, 0.3) is 0 Å². The van der Waals surface area contributed by atoms with Crippen LogP contribution in [-0.2, 0) is 0 Å². The number of nitrogens with zero attached hydrogens (tertiary/aromatic N) is 4. The molecule has 1 fully saturated rings. The number of hydrogen-bond acceptors (Lipinski definition) is 3. The fourth-order valence-electron chi connectivity index (χ4n) is 2.75. The van der Waals surface area contributed by atoms with Crippen LogP contribution in [0.3, 0.4) is 0 Å². The zero-order chi connectivity index (χ0) is 21.2. The summed E-state index contributed by atoms with van der Waals surface area (Å²) in [5.74, 6) is 0.782. The van der Waals surface area contributed by atoms with E-state index in [1.54, 1.807) is 0 Å². The first-order chi connectivity index (χ1) is 13.3. The Kier molecular flexibility index (Phi) is 6.84. The molecule has 0 amide bonds. The standard InChI is InChI=1S/C17H17N4O.6ClH.Sb/c1-4-10-17(14(7-1)13-20-11-5-6-12-20)22-21-16-9-3-2-8-15(16)18-19-21;;;;;;;/h1-4,7-10,13H,5-6,11-12H2;6*1H;/q+1;;;;;;;+5/p-6. The van der Waals surface area contributed by atoms with Gasteiger partial charge >= 0.3 is 62.1 Å². The van der Waals surface area contributed by atoms with Gasteiger partial charge in [0.15, 0.2) is 12.0 Å². The van der Waals surface area contributed by atoms with Crippen molar-refractivity contribution >= 4 is 79.4 Å². The molecule has 0 saturated carbocycles. The van der Waals surface area contributed by atoms with Gasteiger partial charge in [-0.3, -0.25) is 0 Å². The normalized spacial score (nSPS) is 16.6. The quantitative estimate of drug-likeness (QED) is 0.255. The minimum absolute atomic E-state index is 0.782. The zero-order valence-electron chi connectivity index (χ0n) is 14.9. The van der Waals surface area contributed by atoms with E-state index in [9.17, 15) is 0 Å². The Morgan fingerprint density at radius 3 is 2.17 bits per heavy atom. The van der Waals surface area contributed by atoms with Crippen molar-refractivity contribution in [2.45, 2.75) is 12.8 Å². The van der Waals surface area contributed by atoms with Gasteiger partial charge in [0.1, 0.15) is 24.1 Å². The summed E-state index contributed by atoms with van der Waals surface area (Å²) >= 11 is 0. The van der Waals surface area contributed by atoms with Crippen LogP contribution in [0.1, 0.15) is 18.4 Å². The molecule has 12 heteroatoms. The second-order valence-corrected chi connectivity index (χ2v) is 63.3. The van der Waals surface area contributed by atoms with E-state index in [-0.39, 0.29) is 0 Å². The molecule has 1 aliphatic heterocycles. The average Bonchev–Trinajstić information content (AvgIpc) is 3.24. The topological polar surface area (TPSA) is 42.9 Å². The maximum atomic E-state index is 5.96. The van der Waals surface area contributed by atoms with E-state index in [1.165, 1.54) is 17.7 Å². The molecule has 0 N–H and O–H groups in total. The molecule has 2 aromatic carbocycles. The first-order valence-electron chi connectivity index (χ1n) is 8.58. The van der Waals surface area contributed by atoms with Crippen molar-refractivity contribution in [1.82, 2.24) is 15.2 Å². The molecule has 0 aliphatic carbocycles. The Bertz CT molecular complexity index is 1030. The predicted molar refractivity (Wildman–Crippen MR) is 125 cm³/mol. The Hall–Kier alpha value is -0.132. The first-order valence-corrected chi connectivity index (χ1v) is 28.0. The molecule has 1 saturated heterocycles. The molecule has 4 rings (SSSR count). The summed E-state index contributed by atoms with van der Waals surface area (Å²) in [5.41, 5.74) is 2.74. The number of halogens is 6. The molecular weight excluding hydrogens is 611 g/mol. The zero-order valence-corrected chi connectivity index (χ0v) is 22.0. The van der Waals surface area contributed by atoms with Crippen molar-refractivity contribution in [3.05, 3.63) is 54.1 Å². The number of rotatable bonds is 3. The molecule has 5 nitrogen and oxygen atoms in total. The van der Waals surface area contributed by atoms with Crippen molar-refractivity contribution in [3.8, 4) is 5.75 Å². The fraction of sp³-hybridized carbons (Fsp3) is 0.235. The molecule has 1 aromatic heterocycles. The van der Waals surface area contributed by atoms with Gasteiger partial charge in [0, 0.05) is 12.8 Å². The molecule has 0 bridgehead atoms. The molecule has 158 valence electrons. The minimum atomic E-state index is -5.42. The number of aromatic nitrogens is 3. The Morgan fingerprint density at radius 1 is 0.897 bits per heavy atom. The summed E-state index contributed by atoms with van der Waals surface area (Å²) in [6.07, 6.45) is 4.68. The average molecular weight is 628 g/mol. The predicted octanol–water partition coefficient (Wildman–Crippen LogP) is 6.25. The fourth-order valence-corrected chi connectivity index (χ4v) is 2.75. The molecule has 0 spiro atoms. The van der Waals surface area contributed by atoms with E-state index < -0.39 is 9.14 Å². The van der Waals surface area contributed by atoms with Crippen LogP contribution in [-0.4, -0.2) is 48.2 Å². The van der Waals surface area contributed by atoms with Gasteiger partial charge in [-0.25, -0.2) is 4.58 Å². The summed E-state index contributed by atoms with van der Waals surface area (Å²) < 4.78 is 2.33. The van der Waals surface area contributed by atoms with E-state index in [4.69, 9.17) is 57.8 Å². The molecule has 0 radical (unpaired) electrons. The van der Waals surface area contributed by atoms with Gasteiger partial charge in [-0.05, 0) is 29.5 Å². The summed E-state index contributed by atoms with van der Waals surface area (Å²) in [5, 5.41) is 8.20. The maximum absolute atomic E-state index is 5.96. The molecule has 29 heavy (non-hydrogen) atoms. The van der Waals surface area contributed by atoms with E-state index >= 15 is 0 Å². The van der Waals surface area contributed by atoms with E-state index in [0.717, 1.165) is 35.4 Å². The Morgan fingerprint density at radius 2 is 1.48 bits per heavy atom.